The highest BCUT2D eigenvalue weighted by atomic mass is 32.2. The fourth-order valence-electron chi connectivity index (χ4n) is 3.56. The van der Waals surface area contributed by atoms with Crippen molar-refractivity contribution in [3.05, 3.63) is 0 Å². The molecule has 6 heteroatoms. The maximum atomic E-state index is 12.3. The van der Waals surface area contributed by atoms with E-state index in [1.807, 2.05) is 4.90 Å². The number of hydrogen-bond donors (Lipinski definition) is 0. The van der Waals surface area contributed by atoms with Crippen molar-refractivity contribution >= 4 is 15.7 Å². The normalized spacial score (nSPS) is 28.2. The molecular formula is C14H26N2O3S. The zero-order valence-electron chi connectivity index (χ0n) is 12.5. The number of amides is 1. The fraction of sp³-hybridized carbons (Fsp3) is 0.929. The molecule has 0 saturated carbocycles. The van der Waals surface area contributed by atoms with Gasteiger partial charge in [0.25, 0.3) is 0 Å². The summed E-state index contributed by atoms with van der Waals surface area (Å²) in [5, 5.41) is 0. The van der Waals surface area contributed by atoms with Gasteiger partial charge in [-0.1, -0.05) is 13.8 Å². The number of hydrogen-bond acceptors (Lipinski definition) is 4. The second-order valence-electron chi connectivity index (χ2n) is 5.81. The van der Waals surface area contributed by atoms with Gasteiger partial charge in [0.2, 0.25) is 5.91 Å². The summed E-state index contributed by atoms with van der Waals surface area (Å²) in [5.41, 5.74) is 0. The number of likely N-dealkylation sites (tertiary alicyclic amines) is 2. The summed E-state index contributed by atoms with van der Waals surface area (Å²) < 4.78 is 23.3. The average molecular weight is 302 g/mol. The Labute approximate surface area is 122 Å². The lowest BCUT2D eigenvalue weighted by Crippen LogP contribution is -2.49. The third-order valence-electron chi connectivity index (χ3n) is 4.67. The van der Waals surface area contributed by atoms with Gasteiger partial charge in [0.1, 0.15) is 5.75 Å². The van der Waals surface area contributed by atoms with E-state index in [9.17, 15) is 13.2 Å². The Morgan fingerprint density at radius 3 is 2.40 bits per heavy atom. The number of carbonyl (C=O) groups is 1. The van der Waals surface area contributed by atoms with Crippen LogP contribution < -0.4 is 0 Å². The first-order chi connectivity index (χ1) is 9.48. The molecule has 20 heavy (non-hydrogen) atoms. The summed E-state index contributed by atoms with van der Waals surface area (Å²) in [6.07, 6.45) is 4.32. The van der Waals surface area contributed by atoms with E-state index < -0.39 is 9.84 Å². The Hall–Kier alpha value is -0.620. The van der Waals surface area contributed by atoms with Crippen molar-refractivity contribution in [1.29, 1.82) is 0 Å². The number of carbonyl (C=O) groups excluding carboxylic acids is 1. The third-order valence-corrected chi connectivity index (χ3v) is 6.23. The van der Waals surface area contributed by atoms with Crippen LogP contribution in [0.2, 0.25) is 0 Å². The molecule has 2 fully saturated rings. The summed E-state index contributed by atoms with van der Waals surface area (Å²) in [6, 6.07) is 0.646. The Morgan fingerprint density at radius 2 is 1.75 bits per heavy atom. The van der Waals surface area contributed by atoms with Crippen molar-refractivity contribution in [2.45, 2.75) is 51.6 Å². The predicted octanol–water partition coefficient (Wildman–Crippen LogP) is 0.896. The molecule has 5 nitrogen and oxygen atoms in total. The third kappa shape index (κ3) is 3.34. The lowest BCUT2D eigenvalue weighted by Gasteiger charge is -2.34. The zero-order valence-corrected chi connectivity index (χ0v) is 13.4. The van der Waals surface area contributed by atoms with Crippen LogP contribution in [0.25, 0.3) is 0 Å². The second kappa shape index (κ2) is 6.43. The highest BCUT2D eigenvalue weighted by Crippen LogP contribution is 2.29. The van der Waals surface area contributed by atoms with Crippen LogP contribution in [0.5, 0.6) is 0 Å². The quantitative estimate of drug-likeness (QED) is 0.757. The number of rotatable bonds is 5. The van der Waals surface area contributed by atoms with Crippen LogP contribution in [-0.4, -0.2) is 67.3 Å². The highest BCUT2D eigenvalue weighted by Gasteiger charge is 2.39. The molecule has 0 aromatic rings. The van der Waals surface area contributed by atoms with E-state index in [1.165, 1.54) is 6.42 Å². The van der Waals surface area contributed by atoms with Crippen molar-refractivity contribution in [3.63, 3.8) is 0 Å². The first-order valence-electron chi connectivity index (χ1n) is 7.72. The van der Waals surface area contributed by atoms with Gasteiger partial charge in [-0.3, -0.25) is 9.69 Å². The molecule has 0 spiro atoms. The molecule has 0 N–H and O–H groups in total. The van der Waals surface area contributed by atoms with Gasteiger partial charge in [-0.2, -0.15) is 0 Å². The molecule has 0 aromatic heterocycles. The van der Waals surface area contributed by atoms with Gasteiger partial charge in [0, 0.05) is 24.4 Å². The lowest BCUT2D eigenvalue weighted by atomic mass is 10.0. The van der Waals surface area contributed by atoms with Crippen LogP contribution >= 0.6 is 0 Å². The first kappa shape index (κ1) is 15.8. The molecule has 0 bridgehead atoms. The molecule has 2 saturated heterocycles. The lowest BCUT2D eigenvalue weighted by molar-refractivity contribution is -0.130. The Kier molecular flexibility index (Phi) is 5.07. The molecule has 0 radical (unpaired) electrons. The van der Waals surface area contributed by atoms with Gasteiger partial charge in [-0.15, -0.1) is 0 Å². The molecule has 0 aromatic carbocycles. The van der Waals surface area contributed by atoms with Gasteiger partial charge in [-0.25, -0.2) is 8.42 Å². The van der Waals surface area contributed by atoms with E-state index in [0.29, 0.717) is 6.04 Å². The van der Waals surface area contributed by atoms with Crippen LogP contribution in [0, 0.1) is 0 Å². The van der Waals surface area contributed by atoms with E-state index in [-0.39, 0.29) is 23.5 Å². The predicted molar refractivity (Wildman–Crippen MR) is 79.3 cm³/mol. The van der Waals surface area contributed by atoms with Crippen LogP contribution in [0.4, 0.5) is 0 Å². The molecule has 2 rings (SSSR count). The topological polar surface area (TPSA) is 57.7 Å². The monoisotopic (exact) mass is 302 g/mol. The van der Waals surface area contributed by atoms with E-state index in [0.717, 1.165) is 38.9 Å². The summed E-state index contributed by atoms with van der Waals surface area (Å²) in [5.74, 6) is -0.474. The van der Waals surface area contributed by atoms with Gasteiger partial charge < -0.3 is 4.90 Å². The summed E-state index contributed by atoms with van der Waals surface area (Å²) in [7, 11) is -3.23. The maximum absolute atomic E-state index is 12.3. The van der Waals surface area contributed by atoms with Crippen LogP contribution in [0.15, 0.2) is 0 Å². The number of sulfone groups is 1. The van der Waals surface area contributed by atoms with Crippen LogP contribution in [0.3, 0.4) is 0 Å². The molecule has 0 aliphatic carbocycles. The fourth-order valence-corrected chi connectivity index (χ4v) is 4.30. The van der Waals surface area contributed by atoms with Crippen molar-refractivity contribution in [2.75, 3.05) is 31.1 Å². The maximum Gasteiger partial charge on any atom is 0.238 e. The number of likely N-dealkylation sites (N-methyl/N-ethyl adjacent to an activating group) is 1. The zero-order chi connectivity index (χ0) is 14.8. The van der Waals surface area contributed by atoms with Crippen molar-refractivity contribution in [2.24, 2.45) is 0 Å². The largest absolute Gasteiger partial charge is 0.337 e. The van der Waals surface area contributed by atoms with E-state index >= 15 is 0 Å². The molecule has 116 valence electrons. The second-order valence-corrected chi connectivity index (χ2v) is 8.16. The molecule has 2 aliphatic heterocycles. The minimum atomic E-state index is -3.23. The number of nitrogens with zero attached hydrogens (tertiary/aromatic N) is 2. The van der Waals surface area contributed by atoms with Crippen LogP contribution in [-0.2, 0) is 14.6 Å². The minimum Gasteiger partial charge on any atom is -0.337 e. The highest BCUT2D eigenvalue weighted by molar-refractivity contribution is 7.92. The van der Waals surface area contributed by atoms with E-state index in [2.05, 4.69) is 11.8 Å². The Balaban J connectivity index is 2.05. The van der Waals surface area contributed by atoms with E-state index in [4.69, 9.17) is 0 Å². The van der Waals surface area contributed by atoms with Gasteiger partial charge >= 0.3 is 0 Å². The summed E-state index contributed by atoms with van der Waals surface area (Å²) in [6.45, 7) is 6.58. The van der Waals surface area contributed by atoms with Crippen molar-refractivity contribution < 1.29 is 13.2 Å². The van der Waals surface area contributed by atoms with E-state index in [1.54, 1.807) is 6.92 Å². The van der Waals surface area contributed by atoms with Gasteiger partial charge in [0.15, 0.2) is 9.84 Å². The first-order valence-corrected chi connectivity index (χ1v) is 9.54. The summed E-state index contributed by atoms with van der Waals surface area (Å²) >= 11 is 0. The SMILES string of the molecule is CCN1CCC[C@@H]1[C@H]1CCCN1C(=O)CS(=O)(=O)CC. The van der Waals surface area contributed by atoms with Crippen LogP contribution in [0.1, 0.15) is 39.5 Å². The standard InChI is InChI=1S/C14H26N2O3S/c1-3-15-9-5-7-12(15)13-8-6-10-16(13)14(17)11-20(18,19)4-2/h12-13H,3-11H2,1-2H3/t12-,13-/m1/s1. The van der Waals surface area contributed by atoms with Crippen molar-refractivity contribution in [3.8, 4) is 0 Å². The average Bonchev–Trinajstić information content (AvgIpc) is 3.05. The molecule has 0 unspecified atom stereocenters. The molecule has 2 heterocycles. The summed E-state index contributed by atoms with van der Waals surface area (Å²) in [4.78, 5) is 16.6. The molecule has 2 atom stereocenters. The molecule has 2 aliphatic rings. The Morgan fingerprint density at radius 1 is 1.10 bits per heavy atom. The Bertz CT molecular complexity index is 449. The van der Waals surface area contributed by atoms with Crippen molar-refractivity contribution in [1.82, 2.24) is 9.80 Å². The van der Waals surface area contributed by atoms with Gasteiger partial charge in [-0.05, 0) is 38.8 Å². The van der Waals surface area contributed by atoms with Gasteiger partial charge in [0.05, 0.1) is 0 Å². The molecule has 1 amide bonds. The minimum absolute atomic E-state index is 0.0434. The smallest absolute Gasteiger partial charge is 0.238 e. The molecular weight excluding hydrogens is 276 g/mol.